The summed E-state index contributed by atoms with van der Waals surface area (Å²) in [4.78, 5) is 0. The molecule has 0 spiro atoms. The van der Waals surface area contributed by atoms with Crippen molar-refractivity contribution in [2.24, 2.45) is 0 Å². The van der Waals surface area contributed by atoms with Crippen molar-refractivity contribution in [2.45, 2.75) is 113 Å². The van der Waals surface area contributed by atoms with Crippen molar-refractivity contribution in [1.29, 1.82) is 0 Å². The quantitative estimate of drug-likeness (QED) is 0.276. The first-order valence-corrected chi connectivity index (χ1v) is 17.9. The molecule has 0 amide bonds. The number of hydrogen-bond donors (Lipinski definition) is 0. The van der Waals surface area contributed by atoms with E-state index in [1.165, 1.54) is 36.2 Å². The number of halogens is 3. The predicted octanol–water partition coefficient (Wildman–Crippen LogP) is 8.53. The topological polar surface area (TPSA) is 0 Å². The van der Waals surface area contributed by atoms with E-state index in [0.717, 1.165) is 0 Å². The van der Waals surface area contributed by atoms with Gasteiger partial charge in [0.25, 0.3) is 0 Å². The van der Waals surface area contributed by atoms with Crippen LogP contribution in [0.3, 0.4) is 0 Å². The average molecular weight is 488 g/mol. The third-order valence-corrected chi connectivity index (χ3v) is 10.1. The van der Waals surface area contributed by atoms with Crippen LogP contribution in [0.4, 0.5) is 0 Å². The molecule has 0 aromatic rings. The van der Waals surface area contributed by atoms with Gasteiger partial charge in [-0.3, -0.25) is 0 Å². The third kappa shape index (κ3) is 8.00. The van der Waals surface area contributed by atoms with Crippen LogP contribution < -0.4 is 0 Å². The van der Waals surface area contributed by atoms with Gasteiger partial charge >= 0.3 is 42.1 Å². The molecular weight excluding hydrogens is 455 g/mol. The first-order valence-electron chi connectivity index (χ1n) is 9.62. The molecule has 0 aromatic heterocycles. The average Bonchev–Trinajstić information content (AvgIpc) is 2.58. The summed E-state index contributed by atoms with van der Waals surface area (Å²) in [5.74, 6) is 0. The zero-order valence-corrected chi connectivity index (χ0v) is 19.2. The second kappa shape index (κ2) is 12.3. The summed E-state index contributed by atoms with van der Waals surface area (Å²) in [5.41, 5.74) is 3.57. The second-order valence-electron chi connectivity index (χ2n) is 7.47. The molecule has 0 unspecified atom stereocenters. The van der Waals surface area contributed by atoms with Gasteiger partial charge in [-0.05, 0) is 55.5 Å². The Kier molecular flexibility index (Phi) is 11.4. The van der Waals surface area contributed by atoms with Gasteiger partial charge < -0.3 is 0 Å². The molecule has 3 saturated carbocycles. The van der Waals surface area contributed by atoms with E-state index in [1.54, 1.807) is 77.0 Å². The molecule has 139 valence electrons. The van der Waals surface area contributed by atoms with E-state index in [2.05, 4.69) is 0 Å². The van der Waals surface area contributed by atoms with Gasteiger partial charge in [0.05, 0.1) is 0 Å². The molecule has 3 rings (SSSR count). The third-order valence-electron chi connectivity index (χ3n) is 5.99. The fraction of sp³-hybridized carbons (Fsp3) is 1.00. The van der Waals surface area contributed by atoms with Crippen molar-refractivity contribution in [1.82, 2.24) is 0 Å². The Labute approximate surface area is 162 Å². The van der Waals surface area contributed by atoms with Gasteiger partial charge in [0, 0.05) is 0 Å². The Bertz CT molecular complexity index is 253. The van der Waals surface area contributed by atoms with Crippen molar-refractivity contribution >= 4 is 37.0 Å². The van der Waals surface area contributed by atoms with E-state index in [9.17, 15) is 0 Å². The Morgan fingerprint density at radius 3 is 0.913 bits per heavy atom. The maximum atomic E-state index is 4.95. The zero-order chi connectivity index (χ0) is 16.5. The molecule has 0 heterocycles. The molecule has 3 fully saturated rings. The molecule has 0 nitrogen and oxygen atoms in total. The van der Waals surface area contributed by atoms with Crippen LogP contribution in [-0.4, -0.2) is 17.0 Å². The molecule has 23 heavy (non-hydrogen) atoms. The maximum absolute atomic E-state index is 4.95. The molecule has 0 radical (unpaired) electrons. The molecule has 5 heteroatoms. The Morgan fingerprint density at radius 2 is 0.696 bits per heavy atom. The van der Waals surface area contributed by atoms with E-state index in [1.807, 2.05) is 0 Å². The van der Waals surface area contributed by atoms with Crippen molar-refractivity contribution in [3.8, 4) is 0 Å². The van der Waals surface area contributed by atoms with Crippen LogP contribution in [-0.2, 0) is 13.0 Å². The van der Waals surface area contributed by atoms with Crippen molar-refractivity contribution < 1.29 is 13.0 Å². The van der Waals surface area contributed by atoms with Crippen LogP contribution in [0.5, 0.6) is 0 Å². The molecule has 0 aromatic carbocycles. The fourth-order valence-electron chi connectivity index (χ4n) is 5.03. The Balaban J connectivity index is 0.000000433. The van der Waals surface area contributed by atoms with Gasteiger partial charge in [0.1, 0.15) is 0 Å². The second-order valence-corrected chi connectivity index (χ2v) is 18.5. The van der Waals surface area contributed by atoms with Crippen molar-refractivity contribution in [3.63, 3.8) is 0 Å². The van der Waals surface area contributed by atoms with Gasteiger partial charge in [-0.2, -0.15) is 0 Å². The minimum absolute atomic E-state index is 0.385. The molecule has 0 bridgehead atoms. The molecule has 0 N–H and O–H groups in total. The molecule has 0 atom stereocenters. The minimum atomic E-state index is -1.75. The van der Waals surface area contributed by atoms with Crippen molar-refractivity contribution in [3.05, 3.63) is 0 Å². The molecule has 3 aliphatic rings. The van der Waals surface area contributed by atoms with Crippen LogP contribution in [0.15, 0.2) is 0 Å². The van der Waals surface area contributed by atoms with Crippen LogP contribution in [0, 0.1) is 0 Å². The first-order chi connectivity index (χ1) is 11.2. The summed E-state index contributed by atoms with van der Waals surface area (Å²) in [6, 6.07) is 0. The van der Waals surface area contributed by atoms with Crippen LogP contribution in [0.2, 0.25) is 0 Å². The number of hydrogen-bond acceptors (Lipinski definition) is 0. The summed E-state index contributed by atoms with van der Waals surface area (Å²) in [7, 11) is 15.2. The Hall–Kier alpha value is 1.92. The molecule has 0 aliphatic heterocycles. The summed E-state index contributed by atoms with van der Waals surface area (Å²) in [6.07, 6.45) is 23.6. The van der Waals surface area contributed by atoms with E-state index < -0.39 is 13.0 Å². The van der Waals surface area contributed by atoms with Crippen molar-refractivity contribution in [2.75, 3.05) is 0 Å². The number of rotatable bonds is 3. The van der Waals surface area contributed by atoms with Gasteiger partial charge in [-0.15, -0.1) is 0 Å². The van der Waals surface area contributed by atoms with Crippen LogP contribution in [0.1, 0.15) is 96.3 Å². The normalized spacial score (nSPS) is 25.8. The molecular formula is C18H33Cl3PRu. The standard InChI is InChI=1S/C18H33P.3ClH.Ru/c1-4-10-16(11-5-1)19(17-12-6-2-7-13-17)18-14-8-3-9-15-18;;;;/h16-18H,1-15H2;3*1H;/q;;;;+3/p-3. The Morgan fingerprint density at radius 1 is 0.478 bits per heavy atom. The van der Waals surface area contributed by atoms with Gasteiger partial charge in [0.2, 0.25) is 0 Å². The summed E-state index contributed by atoms with van der Waals surface area (Å²) < 4.78 is 0. The van der Waals surface area contributed by atoms with Crippen LogP contribution in [0.25, 0.3) is 0 Å². The van der Waals surface area contributed by atoms with E-state index in [0.29, 0.717) is 7.92 Å². The van der Waals surface area contributed by atoms with Gasteiger partial charge in [-0.1, -0.05) is 65.7 Å². The van der Waals surface area contributed by atoms with E-state index >= 15 is 0 Å². The SMILES string of the molecule is C1CCC(P(C2CCCCC2)C2CCCCC2)CC1.[Cl][Ru]([Cl])[Cl]. The summed E-state index contributed by atoms with van der Waals surface area (Å²) >= 11 is -1.75. The van der Waals surface area contributed by atoms with Crippen LogP contribution >= 0.6 is 37.0 Å². The van der Waals surface area contributed by atoms with Gasteiger partial charge in [-0.25, -0.2) is 0 Å². The zero-order valence-electron chi connectivity index (χ0n) is 14.3. The monoisotopic (exact) mass is 487 g/mol. The molecule has 3 aliphatic carbocycles. The van der Waals surface area contributed by atoms with E-state index in [-0.39, 0.29) is 0 Å². The van der Waals surface area contributed by atoms with E-state index in [4.69, 9.17) is 29.1 Å². The summed E-state index contributed by atoms with van der Waals surface area (Å²) in [6.45, 7) is 0. The summed E-state index contributed by atoms with van der Waals surface area (Å²) in [5, 5.41) is 0. The first kappa shape index (κ1) is 21.2. The fourth-order valence-corrected chi connectivity index (χ4v) is 9.71. The van der Waals surface area contributed by atoms with Gasteiger partial charge in [0.15, 0.2) is 0 Å². The molecule has 0 saturated heterocycles. The predicted molar refractivity (Wildman–Crippen MR) is 105 cm³/mol.